The standard InChI is InChI=1S/C23H23N5/c24-14-19-5-7-20(8-6-19)16-26-9-3-10-27(13-12-26)17-21-18-28-11-2-1-4-23(28)22(21)15-25/h1-2,4-8,11,18H,3,9-10,12-13,16-17H2. The predicted molar refractivity (Wildman–Crippen MR) is 108 cm³/mol. The molecule has 5 nitrogen and oxygen atoms in total. The molecule has 0 radical (unpaired) electrons. The molecule has 0 bridgehead atoms. The number of nitrogens with zero attached hydrogens (tertiary/aromatic N) is 5. The van der Waals surface area contributed by atoms with E-state index in [1.54, 1.807) is 0 Å². The van der Waals surface area contributed by atoms with Crippen molar-refractivity contribution in [2.75, 3.05) is 26.2 Å². The van der Waals surface area contributed by atoms with Gasteiger partial charge in [0.2, 0.25) is 0 Å². The zero-order valence-corrected chi connectivity index (χ0v) is 15.9. The number of nitriles is 2. The Bertz CT molecular complexity index is 1040. The van der Waals surface area contributed by atoms with Crippen molar-refractivity contribution < 1.29 is 0 Å². The maximum absolute atomic E-state index is 9.62. The Morgan fingerprint density at radius 3 is 2.29 bits per heavy atom. The third-order valence-electron chi connectivity index (χ3n) is 5.44. The fourth-order valence-electron chi connectivity index (χ4n) is 3.95. The second kappa shape index (κ2) is 8.27. The van der Waals surface area contributed by atoms with Gasteiger partial charge in [-0.05, 0) is 49.3 Å². The molecule has 0 unspecified atom stereocenters. The van der Waals surface area contributed by atoms with Crippen LogP contribution in [0.4, 0.5) is 0 Å². The van der Waals surface area contributed by atoms with Crippen LogP contribution in [0.15, 0.2) is 54.9 Å². The van der Waals surface area contributed by atoms with E-state index in [0.29, 0.717) is 5.56 Å². The highest BCUT2D eigenvalue weighted by molar-refractivity contribution is 5.65. The first-order chi connectivity index (χ1) is 13.8. The second-order valence-electron chi connectivity index (χ2n) is 7.35. The smallest absolute Gasteiger partial charge is 0.102 e. The van der Waals surface area contributed by atoms with Gasteiger partial charge in [0.1, 0.15) is 6.07 Å². The number of aromatic nitrogens is 1. The van der Waals surface area contributed by atoms with Gasteiger partial charge in [-0.1, -0.05) is 18.2 Å². The SMILES string of the molecule is N#Cc1ccc(CN2CCCN(Cc3cn4ccccc4c3C#N)CC2)cc1. The van der Waals surface area contributed by atoms with Crippen LogP contribution in [0.5, 0.6) is 0 Å². The van der Waals surface area contributed by atoms with Gasteiger partial charge in [-0.3, -0.25) is 9.80 Å². The zero-order chi connectivity index (χ0) is 19.3. The van der Waals surface area contributed by atoms with E-state index in [9.17, 15) is 5.26 Å². The van der Waals surface area contributed by atoms with Gasteiger partial charge in [0, 0.05) is 44.1 Å². The monoisotopic (exact) mass is 369 g/mol. The minimum atomic E-state index is 0.707. The van der Waals surface area contributed by atoms with Crippen molar-refractivity contribution in [1.82, 2.24) is 14.2 Å². The summed E-state index contributed by atoms with van der Waals surface area (Å²) in [7, 11) is 0. The molecule has 1 aliphatic rings. The second-order valence-corrected chi connectivity index (χ2v) is 7.35. The molecule has 140 valence electrons. The maximum Gasteiger partial charge on any atom is 0.102 e. The van der Waals surface area contributed by atoms with Crippen LogP contribution in [0.25, 0.3) is 5.52 Å². The highest BCUT2D eigenvalue weighted by Crippen LogP contribution is 2.20. The first-order valence-electron chi connectivity index (χ1n) is 9.69. The van der Waals surface area contributed by atoms with Gasteiger partial charge in [-0.2, -0.15) is 10.5 Å². The Labute approximate surface area is 165 Å². The van der Waals surface area contributed by atoms with E-state index >= 15 is 0 Å². The molecule has 0 amide bonds. The van der Waals surface area contributed by atoms with Crippen molar-refractivity contribution in [3.63, 3.8) is 0 Å². The summed E-state index contributed by atoms with van der Waals surface area (Å²) in [6.45, 7) is 5.84. The summed E-state index contributed by atoms with van der Waals surface area (Å²) in [6.07, 6.45) is 5.21. The van der Waals surface area contributed by atoms with Gasteiger partial charge < -0.3 is 4.40 Å². The van der Waals surface area contributed by atoms with Gasteiger partial charge >= 0.3 is 0 Å². The Morgan fingerprint density at radius 1 is 0.821 bits per heavy atom. The van der Waals surface area contributed by atoms with Crippen LogP contribution in [0.3, 0.4) is 0 Å². The molecule has 5 heteroatoms. The van der Waals surface area contributed by atoms with E-state index in [2.05, 4.69) is 28.1 Å². The third-order valence-corrected chi connectivity index (χ3v) is 5.44. The molecule has 2 aromatic heterocycles. The lowest BCUT2D eigenvalue weighted by atomic mass is 10.1. The lowest BCUT2D eigenvalue weighted by Gasteiger charge is -2.21. The van der Waals surface area contributed by atoms with E-state index in [0.717, 1.165) is 62.3 Å². The highest BCUT2D eigenvalue weighted by Gasteiger charge is 2.18. The molecule has 0 N–H and O–H groups in total. The molecule has 3 heterocycles. The minimum Gasteiger partial charge on any atom is -0.322 e. The Hall–Kier alpha value is -3.12. The van der Waals surface area contributed by atoms with E-state index in [4.69, 9.17) is 5.26 Å². The lowest BCUT2D eigenvalue weighted by Crippen LogP contribution is -2.30. The average Bonchev–Trinajstić information content (AvgIpc) is 2.93. The van der Waals surface area contributed by atoms with Crippen LogP contribution in [-0.2, 0) is 13.1 Å². The van der Waals surface area contributed by atoms with E-state index < -0.39 is 0 Å². The third kappa shape index (κ3) is 3.92. The molecule has 4 rings (SSSR count). The maximum atomic E-state index is 9.62. The van der Waals surface area contributed by atoms with Gasteiger partial charge in [0.05, 0.1) is 22.7 Å². The van der Waals surface area contributed by atoms with Crippen molar-refractivity contribution >= 4 is 5.52 Å². The van der Waals surface area contributed by atoms with Crippen LogP contribution < -0.4 is 0 Å². The van der Waals surface area contributed by atoms with E-state index in [1.807, 2.05) is 53.1 Å². The summed E-state index contributed by atoms with van der Waals surface area (Å²) in [5.74, 6) is 0. The van der Waals surface area contributed by atoms with Crippen molar-refractivity contribution in [3.8, 4) is 12.1 Å². The molecule has 1 aromatic carbocycles. The lowest BCUT2D eigenvalue weighted by molar-refractivity contribution is 0.247. The van der Waals surface area contributed by atoms with Gasteiger partial charge in [-0.15, -0.1) is 0 Å². The number of pyridine rings is 1. The Morgan fingerprint density at radius 2 is 1.57 bits per heavy atom. The zero-order valence-electron chi connectivity index (χ0n) is 15.9. The number of rotatable bonds is 4. The van der Waals surface area contributed by atoms with Crippen LogP contribution >= 0.6 is 0 Å². The van der Waals surface area contributed by atoms with Gasteiger partial charge in [-0.25, -0.2) is 0 Å². The molecule has 1 fully saturated rings. The predicted octanol–water partition coefficient (Wildman–Crippen LogP) is 3.39. The minimum absolute atomic E-state index is 0.707. The first kappa shape index (κ1) is 18.3. The number of hydrogen-bond donors (Lipinski definition) is 0. The molecular weight excluding hydrogens is 346 g/mol. The largest absolute Gasteiger partial charge is 0.322 e. The van der Waals surface area contributed by atoms with Gasteiger partial charge in [0.15, 0.2) is 0 Å². The van der Waals surface area contributed by atoms with Crippen molar-refractivity contribution in [2.24, 2.45) is 0 Å². The molecule has 1 saturated heterocycles. The highest BCUT2D eigenvalue weighted by atomic mass is 15.2. The summed E-state index contributed by atoms with van der Waals surface area (Å²) < 4.78 is 2.04. The molecule has 3 aromatic rings. The summed E-state index contributed by atoms with van der Waals surface area (Å²) in [5, 5.41) is 18.6. The van der Waals surface area contributed by atoms with Crippen molar-refractivity contribution in [2.45, 2.75) is 19.5 Å². The fraction of sp³-hybridized carbons (Fsp3) is 0.304. The number of hydrogen-bond acceptors (Lipinski definition) is 4. The molecule has 0 atom stereocenters. The van der Waals surface area contributed by atoms with Crippen molar-refractivity contribution in [3.05, 3.63) is 77.1 Å². The number of fused-ring (bicyclic) bond motifs is 1. The summed E-state index contributed by atoms with van der Waals surface area (Å²) in [4.78, 5) is 4.93. The topological polar surface area (TPSA) is 58.5 Å². The molecule has 28 heavy (non-hydrogen) atoms. The summed E-state index contributed by atoms with van der Waals surface area (Å²) in [6, 6.07) is 18.4. The normalized spacial score (nSPS) is 15.8. The Balaban J connectivity index is 1.40. The van der Waals surface area contributed by atoms with Crippen LogP contribution in [0.2, 0.25) is 0 Å². The van der Waals surface area contributed by atoms with Crippen molar-refractivity contribution in [1.29, 1.82) is 10.5 Å². The summed E-state index contributed by atoms with van der Waals surface area (Å²) >= 11 is 0. The quantitative estimate of drug-likeness (QED) is 0.707. The van der Waals surface area contributed by atoms with E-state index in [-0.39, 0.29) is 0 Å². The number of benzene rings is 1. The van der Waals surface area contributed by atoms with Gasteiger partial charge in [0.25, 0.3) is 0 Å². The summed E-state index contributed by atoms with van der Waals surface area (Å²) in [5.41, 5.74) is 4.84. The fourth-order valence-corrected chi connectivity index (χ4v) is 3.95. The van der Waals surface area contributed by atoms with Crippen LogP contribution in [0, 0.1) is 22.7 Å². The molecule has 0 spiro atoms. The average molecular weight is 369 g/mol. The molecule has 0 aliphatic carbocycles. The van der Waals surface area contributed by atoms with Crippen LogP contribution in [0.1, 0.15) is 28.7 Å². The first-order valence-corrected chi connectivity index (χ1v) is 9.69. The molecular formula is C23H23N5. The Kier molecular flexibility index (Phi) is 5.39. The molecule has 0 saturated carbocycles. The molecule has 1 aliphatic heterocycles. The van der Waals surface area contributed by atoms with E-state index in [1.165, 1.54) is 5.56 Å². The van der Waals surface area contributed by atoms with Crippen LogP contribution in [-0.4, -0.2) is 40.4 Å².